The van der Waals surface area contributed by atoms with E-state index in [9.17, 15) is 0 Å². The second kappa shape index (κ2) is 12.9. The highest BCUT2D eigenvalue weighted by atomic mass is 15.1. The van der Waals surface area contributed by atoms with Crippen molar-refractivity contribution in [1.82, 2.24) is 0 Å². The molecule has 0 atom stereocenters. The van der Waals surface area contributed by atoms with Crippen LogP contribution in [0.25, 0.3) is 43.8 Å². The summed E-state index contributed by atoms with van der Waals surface area (Å²) < 4.78 is 0. The summed E-state index contributed by atoms with van der Waals surface area (Å²) in [5, 5.41) is 5.03. The number of hydrogen-bond acceptors (Lipinski definition) is 1. The lowest BCUT2D eigenvalue weighted by atomic mass is 9.67. The average Bonchev–Trinajstić information content (AvgIpc) is 3.74. The van der Waals surface area contributed by atoms with E-state index < -0.39 is 5.41 Å². The Hall–Kier alpha value is -6.70. The van der Waals surface area contributed by atoms with Crippen molar-refractivity contribution in [3.05, 3.63) is 234 Å². The van der Waals surface area contributed by atoms with Gasteiger partial charge in [-0.1, -0.05) is 189 Å². The smallest absolute Gasteiger partial charge is 0.0714 e. The molecule has 0 saturated heterocycles. The molecule has 3 aliphatic rings. The quantitative estimate of drug-likeness (QED) is 0.159. The van der Waals surface area contributed by atoms with Crippen molar-refractivity contribution in [2.75, 3.05) is 4.90 Å². The van der Waals surface area contributed by atoms with Gasteiger partial charge in [0.05, 0.1) is 11.1 Å². The molecule has 9 aromatic rings. The van der Waals surface area contributed by atoms with Gasteiger partial charge in [0.25, 0.3) is 0 Å². The molecule has 1 fully saturated rings. The van der Waals surface area contributed by atoms with Crippen LogP contribution < -0.4 is 4.90 Å². The van der Waals surface area contributed by atoms with E-state index in [-0.39, 0.29) is 5.41 Å². The molecule has 3 aliphatic carbocycles. The Morgan fingerprint density at radius 3 is 1.62 bits per heavy atom. The van der Waals surface area contributed by atoms with Crippen molar-refractivity contribution in [3.8, 4) is 22.3 Å². The Morgan fingerprint density at radius 1 is 0.345 bits per heavy atom. The summed E-state index contributed by atoms with van der Waals surface area (Å²) in [6.07, 6.45) is 6.35. The third-order valence-electron chi connectivity index (χ3n) is 13.9. The van der Waals surface area contributed by atoms with Crippen LogP contribution in [0.5, 0.6) is 0 Å². The second-order valence-corrected chi connectivity index (χ2v) is 16.7. The van der Waals surface area contributed by atoms with E-state index in [1.807, 2.05) is 0 Å². The third-order valence-corrected chi connectivity index (χ3v) is 13.9. The lowest BCUT2D eigenvalue weighted by Crippen LogP contribution is -2.28. The molecular weight excluding hydrogens is 699 g/mol. The maximum Gasteiger partial charge on any atom is 0.0714 e. The highest BCUT2D eigenvalue weighted by molar-refractivity contribution is 6.14. The predicted octanol–water partition coefficient (Wildman–Crippen LogP) is 15.1. The van der Waals surface area contributed by atoms with Crippen LogP contribution in [0.1, 0.15) is 65.5 Å². The number of rotatable bonds is 5. The summed E-state index contributed by atoms with van der Waals surface area (Å²) in [5.41, 5.74) is 16.7. The first-order valence-electron chi connectivity index (χ1n) is 21.1. The summed E-state index contributed by atoms with van der Waals surface area (Å²) in [6, 6.07) is 75.6. The zero-order chi connectivity index (χ0) is 38.3. The molecule has 1 spiro atoms. The normalized spacial score (nSPS) is 15.5. The number of anilines is 3. The molecule has 276 valence electrons. The minimum Gasteiger partial charge on any atom is -0.310 e. The average molecular weight is 742 g/mol. The van der Waals surface area contributed by atoms with Gasteiger partial charge in [0.2, 0.25) is 0 Å². The maximum atomic E-state index is 2.56. The first kappa shape index (κ1) is 33.4. The van der Waals surface area contributed by atoms with Crippen molar-refractivity contribution < 1.29 is 0 Å². The van der Waals surface area contributed by atoms with Crippen LogP contribution in [0.4, 0.5) is 17.1 Å². The Morgan fingerprint density at radius 2 is 0.879 bits per heavy atom. The largest absolute Gasteiger partial charge is 0.310 e. The van der Waals surface area contributed by atoms with Crippen LogP contribution in [0, 0.1) is 0 Å². The zero-order valence-electron chi connectivity index (χ0n) is 32.5. The molecule has 1 nitrogen and oxygen atoms in total. The fourth-order valence-electron chi connectivity index (χ4n) is 11.5. The van der Waals surface area contributed by atoms with E-state index in [1.165, 1.54) is 121 Å². The van der Waals surface area contributed by atoms with Gasteiger partial charge >= 0.3 is 0 Å². The number of hydrogen-bond donors (Lipinski definition) is 0. The van der Waals surface area contributed by atoms with Crippen molar-refractivity contribution >= 4 is 38.6 Å². The molecule has 1 heteroatoms. The van der Waals surface area contributed by atoms with Crippen LogP contribution >= 0.6 is 0 Å². The van der Waals surface area contributed by atoms with Crippen LogP contribution in [0.15, 0.2) is 200 Å². The lowest BCUT2D eigenvalue weighted by Gasteiger charge is -2.36. The van der Waals surface area contributed by atoms with Gasteiger partial charge in [0, 0.05) is 22.2 Å². The zero-order valence-corrected chi connectivity index (χ0v) is 32.5. The summed E-state index contributed by atoms with van der Waals surface area (Å²) in [6.45, 7) is 0. The highest BCUT2D eigenvalue weighted by Gasteiger charge is 2.47. The summed E-state index contributed by atoms with van der Waals surface area (Å²) >= 11 is 0. The van der Waals surface area contributed by atoms with Gasteiger partial charge < -0.3 is 4.90 Å². The van der Waals surface area contributed by atoms with Crippen molar-refractivity contribution in [1.29, 1.82) is 0 Å². The second-order valence-electron chi connectivity index (χ2n) is 16.7. The number of nitrogens with zero attached hydrogens (tertiary/aromatic N) is 1. The van der Waals surface area contributed by atoms with Crippen LogP contribution in [-0.2, 0) is 10.8 Å². The summed E-state index contributed by atoms with van der Waals surface area (Å²) in [7, 11) is 0. The SMILES string of the molecule is c1ccc(C2(c3ccccc3)c3ccccc3-c3ccc(N(c4ccc5c(c4)-c4ccccc4C54CCCCC4)c4cc5ccccc5c5ccccc45)cc32)cc1. The van der Waals surface area contributed by atoms with E-state index in [2.05, 4.69) is 205 Å². The van der Waals surface area contributed by atoms with Gasteiger partial charge in [-0.15, -0.1) is 0 Å². The minimum absolute atomic E-state index is 0.105. The topological polar surface area (TPSA) is 3.24 Å². The fraction of sp³-hybridized carbons (Fsp3) is 0.123. The third kappa shape index (κ3) is 4.65. The summed E-state index contributed by atoms with van der Waals surface area (Å²) in [5.74, 6) is 0. The molecule has 0 aromatic heterocycles. The molecule has 0 bridgehead atoms. The fourth-order valence-corrected chi connectivity index (χ4v) is 11.5. The van der Waals surface area contributed by atoms with E-state index >= 15 is 0 Å². The van der Waals surface area contributed by atoms with E-state index in [0.29, 0.717) is 0 Å². The Balaban J connectivity index is 1.16. The predicted molar refractivity (Wildman–Crippen MR) is 243 cm³/mol. The van der Waals surface area contributed by atoms with Gasteiger partial charge in [0.15, 0.2) is 0 Å². The minimum atomic E-state index is -0.494. The van der Waals surface area contributed by atoms with Gasteiger partial charge in [-0.3, -0.25) is 0 Å². The van der Waals surface area contributed by atoms with Gasteiger partial charge in [-0.25, -0.2) is 0 Å². The van der Waals surface area contributed by atoms with E-state index in [0.717, 1.165) is 5.69 Å². The summed E-state index contributed by atoms with van der Waals surface area (Å²) in [4.78, 5) is 2.56. The molecule has 58 heavy (non-hydrogen) atoms. The molecule has 0 N–H and O–H groups in total. The molecular formula is C57H43N. The van der Waals surface area contributed by atoms with E-state index in [1.54, 1.807) is 0 Å². The van der Waals surface area contributed by atoms with E-state index in [4.69, 9.17) is 0 Å². The molecule has 0 amide bonds. The first-order chi connectivity index (χ1) is 28.8. The van der Waals surface area contributed by atoms with Crippen LogP contribution in [0.3, 0.4) is 0 Å². The van der Waals surface area contributed by atoms with Gasteiger partial charge in [0.1, 0.15) is 0 Å². The van der Waals surface area contributed by atoms with Gasteiger partial charge in [-0.05, 0) is 115 Å². The Bertz CT molecular complexity index is 3000. The molecule has 9 aromatic carbocycles. The first-order valence-corrected chi connectivity index (χ1v) is 21.1. The van der Waals surface area contributed by atoms with Crippen LogP contribution in [-0.4, -0.2) is 0 Å². The molecule has 0 aliphatic heterocycles. The molecule has 1 saturated carbocycles. The lowest BCUT2D eigenvalue weighted by molar-refractivity contribution is 0.353. The van der Waals surface area contributed by atoms with Crippen LogP contribution in [0.2, 0.25) is 0 Å². The Kier molecular flexibility index (Phi) is 7.45. The number of benzene rings is 9. The Labute approximate surface area is 340 Å². The van der Waals surface area contributed by atoms with Crippen molar-refractivity contribution in [3.63, 3.8) is 0 Å². The van der Waals surface area contributed by atoms with Gasteiger partial charge in [-0.2, -0.15) is 0 Å². The molecule has 0 heterocycles. The van der Waals surface area contributed by atoms with Crippen molar-refractivity contribution in [2.24, 2.45) is 0 Å². The number of fused-ring (bicyclic) bond motifs is 11. The standard InChI is InChI=1S/C57H43N/c1-4-19-40(20-5-1)57(41-21-6-2-7-22-41)53-29-15-13-25-46(53)48-32-30-43(38-54(48)57)58(55-36-39-18-8-9-23-44(39)45-24-10-11-27-49(45)55)42-31-33-52-50(37-42)47-26-12-14-28-51(47)56(52)34-16-3-17-35-56/h1-2,4-15,18-33,36-38H,3,16-17,34-35H2. The highest BCUT2D eigenvalue weighted by Crippen LogP contribution is 2.59. The molecule has 12 rings (SSSR count). The molecule has 0 radical (unpaired) electrons. The van der Waals surface area contributed by atoms with Crippen molar-refractivity contribution in [2.45, 2.75) is 42.9 Å². The maximum absolute atomic E-state index is 2.56. The monoisotopic (exact) mass is 741 g/mol. The molecule has 0 unspecified atom stereocenters.